The highest BCUT2D eigenvalue weighted by atomic mass is 35.5. The van der Waals surface area contributed by atoms with Crippen LogP contribution in [0.3, 0.4) is 0 Å². The summed E-state index contributed by atoms with van der Waals surface area (Å²) < 4.78 is 31.7. The molecule has 5 rings (SSSR count). The number of nitrogens with one attached hydrogen (secondary N) is 2. The van der Waals surface area contributed by atoms with Gasteiger partial charge in [0.05, 0.1) is 21.1 Å². The number of halogens is 4. The van der Waals surface area contributed by atoms with E-state index in [0.717, 1.165) is 22.0 Å². The standard InChI is InChI=1S/C28H21ClN4O2S.C2HF3O2/c29-22-11-10-21(31-26(34)13-9-18-5-2-1-3-6-18)17-24(22)32-28-33-27(35)25(36-28)16-19-8-12-23-20(15-19)7-4-14-30-23;3-2(4,5)1(6)7/h1-8,10-12,14-17H,9,13H2,(H,31,34)(H,32,33,35);(H,6,7)/b25-16-;. The lowest BCUT2D eigenvalue weighted by Gasteiger charge is -2.08. The lowest BCUT2D eigenvalue weighted by Crippen LogP contribution is -2.21. The molecule has 3 N–H and O–H groups in total. The molecular weight excluding hydrogens is 605 g/mol. The van der Waals surface area contributed by atoms with Gasteiger partial charge in [0.15, 0.2) is 5.17 Å². The Morgan fingerprint density at radius 2 is 1.79 bits per heavy atom. The van der Waals surface area contributed by atoms with E-state index >= 15 is 0 Å². The molecule has 2 heterocycles. The molecule has 0 spiro atoms. The van der Waals surface area contributed by atoms with Gasteiger partial charge in [0.1, 0.15) is 0 Å². The number of aliphatic carboxylic acids is 1. The zero-order chi connectivity index (χ0) is 31.0. The first kappa shape index (κ1) is 31.3. The minimum absolute atomic E-state index is 0.0980. The molecule has 1 aliphatic rings. The second-order valence-electron chi connectivity index (χ2n) is 8.94. The minimum atomic E-state index is -5.08. The number of carboxylic acid groups (broad SMARTS) is 1. The lowest BCUT2D eigenvalue weighted by molar-refractivity contribution is -0.192. The number of alkyl halides is 3. The number of thioether (sulfide) groups is 1. The van der Waals surface area contributed by atoms with E-state index in [-0.39, 0.29) is 11.8 Å². The zero-order valence-electron chi connectivity index (χ0n) is 22.1. The number of carbonyl (C=O) groups excluding carboxylic acids is 2. The van der Waals surface area contributed by atoms with Gasteiger partial charge in [-0.3, -0.25) is 14.6 Å². The number of aryl methyl sites for hydroxylation is 1. The molecule has 0 aliphatic carbocycles. The maximum Gasteiger partial charge on any atom is 0.490 e. The lowest BCUT2D eigenvalue weighted by atomic mass is 10.1. The third kappa shape index (κ3) is 9.15. The van der Waals surface area contributed by atoms with Gasteiger partial charge in [0.2, 0.25) is 5.91 Å². The summed E-state index contributed by atoms with van der Waals surface area (Å²) in [5.74, 6) is -3.09. The Hall–Kier alpha value is -4.68. The van der Waals surface area contributed by atoms with Crippen LogP contribution >= 0.6 is 23.4 Å². The summed E-state index contributed by atoms with van der Waals surface area (Å²) >= 11 is 7.59. The molecule has 2 amide bonds. The molecule has 43 heavy (non-hydrogen) atoms. The van der Waals surface area contributed by atoms with Crippen molar-refractivity contribution in [2.24, 2.45) is 4.99 Å². The molecule has 8 nitrogen and oxygen atoms in total. The molecule has 0 unspecified atom stereocenters. The summed E-state index contributed by atoms with van der Waals surface area (Å²) in [5, 5.41) is 14.6. The van der Waals surface area contributed by atoms with Crippen LogP contribution in [-0.2, 0) is 20.8 Å². The van der Waals surface area contributed by atoms with E-state index in [0.29, 0.717) is 39.3 Å². The average Bonchev–Trinajstić information content (AvgIpc) is 3.32. The van der Waals surface area contributed by atoms with Gasteiger partial charge >= 0.3 is 12.1 Å². The number of pyridine rings is 1. The summed E-state index contributed by atoms with van der Waals surface area (Å²) in [4.78, 5) is 43.2. The van der Waals surface area contributed by atoms with E-state index in [2.05, 4.69) is 20.6 Å². The van der Waals surface area contributed by atoms with Crippen LogP contribution in [0.15, 0.2) is 95.0 Å². The second-order valence-corrected chi connectivity index (χ2v) is 10.4. The van der Waals surface area contributed by atoms with Gasteiger partial charge in [-0.1, -0.05) is 54.1 Å². The maximum atomic E-state index is 12.5. The van der Waals surface area contributed by atoms with Crippen molar-refractivity contribution < 1.29 is 32.7 Å². The van der Waals surface area contributed by atoms with Crippen LogP contribution in [0.5, 0.6) is 0 Å². The largest absolute Gasteiger partial charge is 0.490 e. The van der Waals surface area contributed by atoms with Crippen LogP contribution in [0.2, 0.25) is 5.02 Å². The molecule has 1 fully saturated rings. The van der Waals surface area contributed by atoms with Crippen LogP contribution in [-0.4, -0.2) is 39.2 Å². The number of aliphatic imine (C=N–C) groups is 1. The Kier molecular flexibility index (Phi) is 10.2. The predicted molar refractivity (Wildman–Crippen MR) is 161 cm³/mol. The number of hydrogen-bond acceptors (Lipinski definition) is 6. The van der Waals surface area contributed by atoms with Crippen molar-refractivity contribution in [1.82, 2.24) is 10.3 Å². The molecule has 0 radical (unpaired) electrons. The smallest absolute Gasteiger partial charge is 0.475 e. The summed E-state index contributed by atoms with van der Waals surface area (Å²) in [5.41, 5.74) is 3.94. The number of carboxylic acids is 1. The summed E-state index contributed by atoms with van der Waals surface area (Å²) in [7, 11) is 0. The van der Waals surface area contributed by atoms with Crippen LogP contribution in [0.25, 0.3) is 17.0 Å². The highest BCUT2D eigenvalue weighted by Crippen LogP contribution is 2.33. The number of anilines is 1. The van der Waals surface area contributed by atoms with E-state index in [9.17, 15) is 22.8 Å². The Morgan fingerprint density at radius 3 is 2.51 bits per heavy atom. The van der Waals surface area contributed by atoms with Crippen LogP contribution < -0.4 is 10.6 Å². The fraction of sp³-hybridized carbons (Fsp3) is 0.100. The summed E-state index contributed by atoms with van der Waals surface area (Å²) in [6.07, 6.45) is -0.498. The first-order valence-corrected chi connectivity index (χ1v) is 13.8. The minimum Gasteiger partial charge on any atom is -0.475 e. The third-order valence-electron chi connectivity index (χ3n) is 5.75. The van der Waals surface area contributed by atoms with Gasteiger partial charge in [-0.25, -0.2) is 9.79 Å². The molecule has 4 aromatic rings. The summed E-state index contributed by atoms with van der Waals surface area (Å²) in [6.45, 7) is 0. The highest BCUT2D eigenvalue weighted by Gasteiger charge is 2.38. The van der Waals surface area contributed by atoms with Gasteiger partial charge in [0, 0.05) is 23.7 Å². The number of amides is 2. The number of aromatic nitrogens is 1. The molecular formula is C30H22ClF3N4O4S. The van der Waals surface area contributed by atoms with Crippen LogP contribution in [0.1, 0.15) is 17.5 Å². The number of rotatable bonds is 6. The molecule has 0 atom stereocenters. The molecule has 1 saturated heterocycles. The Balaban J connectivity index is 0.000000541. The topological polar surface area (TPSA) is 121 Å². The van der Waals surface area contributed by atoms with Crippen molar-refractivity contribution in [1.29, 1.82) is 0 Å². The fourth-order valence-corrected chi connectivity index (χ4v) is 4.72. The van der Waals surface area contributed by atoms with Crippen LogP contribution in [0.4, 0.5) is 24.5 Å². The van der Waals surface area contributed by atoms with Gasteiger partial charge < -0.3 is 15.7 Å². The Morgan fingerprint density at radius 1 is 1.05 bits per heavy atom. The molecule has 0 bridgehead atoms. The Labute approximate surface area is 252 Å². The van der Waals surface area contributed by atoms with Crippen molar-refractivity contribution in [2.75, 3.05) is 5.32 Å². The average molecular weight is 627 g/mol. The number of carbonyl (C=O) groups is 3. The first-order chi connectivity index (χ1) is 20.5. The number of amidine groups is 1. The van der Waals surface area contributed by atoms with Crippen molar-refractivity contribution in [3.05, 3.63) is 106 Å². The molecule has 0 saturated carbocycles. The van der Waals surface area contributed by atoms with Crippen molar-refractivity contribution in [3.63, 3.8) is 0 Å². The number of fused-ring (bicyclic) bond motifs is 1. The van der Waals surface area contributed by atoms with Gasteiger partial charge in [0.25, 0.3) is 5.91 Å². The Bertz CT molecular complexity index is 1730. The highest BCUT2D eigenvalue weighted by molar-refractivity contribution is 8.18. The third-order valence-corrected chi connectivity index (χ3v) is 6.98. The van der Waals surface area contributed by atoms with E-state index in [1.54, 1.807) is 24.4 Å². The molecule has 13 heteroatoms. The van der Waals surface area contributed by atoms with Gasteiger partial charge in [-0.2, -0.15) is 13.2 Å². The first-order valence-electron chi connectivity index (χ1n) is 12.6. The molecule has 220 valence electrons. The SMILES string of the molecule is O=C(CCc1ccccc1)Nc1ccc(Cl)c(N=C2NC(=O)/C(=C/c3ccc4ncccc4c3)S2)c1.O=C(O)C(F)(F)F. The zero-order valence-corrected chi connectivity index (χ0v) is 23.6. The molecule has 3 aromatic carbocycles. The monoisotopic (exact) mass is 626 g/mol. The van der Waals surface area contributed by atoms with Gasteiger partial charge in [-0.05, 0) is 71.8 Å². The normalized spacial score (nSPS) is 14.7. The number of hydrogen-bond donors (Lipinski definition) is 3. The fourth-order valence-electron chi connectivity index (χ4n) is 3.73. The molecule has 1 aliphatic heterocycles. The maximum absolute atomic E-state index is 12.5. The second kappa shape index (κ2) is 14.0. The van der Waals surface area contributed by atoms with Crippen molar-refractivity contribution >= 4 is 74.7 Å². The number of nitrogens with zero attached hydrogens (tertiary/aromatic N) is 2. The van der Waals surface area contributed by atoms with E-state index in [1.165, 1.54) is 11.8 Å². The molecule has 1 aromatic heterocycles. The quantitative estimate of drug-likeness (QED) is 0.199. The predicted octanol–water partition coefficient (Wildman–Crippen LogP) is 6.98. The van der Waals surface area contributed by atoms with Crippen LogP contribution in [0, 0.1) is 0 Å². The van der Waals surface area contributed by atoms with Crippen molar-refractivity contribution in [3.8, 4) is 0 Å². The van der Waals surface area contributed by atoms with Gasteiger partial charge in [-0.15, -0.1) is 0 Å². The van der Waals surface area contributed by atoms with E-state index < -0.39 is 12.1 Å². The van der Waals surface area contributed by atoms with E-state index in [4.69, 9.17) is 21.5 Å². The number of benzene rings is 3. The van der Waals surface area contributed by atoms with E-state index in [1.807, 2.05) is 66.7 Å². The summed E-state index contributed by atoms with van der Waals surface area (Å²) in [6, 6.07) is 24.6. The van der Waals surface area contributed by atoms with Crippen molar-refractivity contribution in [2.45, 2.75) is 19.0 Å².